The van der Waals surface area contributed by atoms with Crippen LogP contribution >= 0.6 is 12.4 Å². The Balaban J connectivity index is 0.00000208. The highest BCUT2D eigenvalue weighted by Gasteiger charge is 2.42. The molecule has 1 aromatic carbocycles. The molecule has 132 valence electrons. The molecule has 2 aliphatic rings. The molecule has 1 heterocycles. The van der Waals surface area contributed by atoms with Crippen LogP contribution in [-0.2, 0) is 4.79 Å². The highest BCUT2D eigenvalue weighted by Crippen LogP contribution is 2.36. The van der Waals surface area contributed by atoms with E-state index in [-0.39, 0.29) is 36.8 Å². The van der Waals surface area contributed by atoms with Crippen molar-refractivity contribution in [3.8, 4) is 0 Å². The van der Waals surface area contributed by atoms with Gasteiger partial charge in [0, 0.05) is 24.7 Å². The Labute approximate surface area is 149 Å². The summed E-state index contributed by atoms with van der Waals surface area (Å²) in [7, 11) is 0. The fourth-order valence-electron chi connectivity index (χ4n) is 3.99. The summed E-state index contributed by atoms with van der Waals surface area (Å²) < 4.78 is 0. The molecule has 3 rings (SSSR count). The standard InChI is InChI=1S/C18H25N3O2.ClH/c1-11-5-12(2)7-14(6-11)18(23)20-8-17(22)21-9-13-3-4-16(19)15(13)10-21;/h5-7,13,15-16H,3-4,8-10,19H2,1-2H3,(H,20,23);1H. The van der Waals surface area contributed by atoms with Crippen LogP contribution in [0, 0.1) is 25.7 Å². The molecule has 1 aliphatic carbocycles. The minimum absolute atomic E-state index is 0. The maximum absolute atomic E-state index is 12.3. The van der Waals surface area contributed by atoms with Crippen molar-refractivity contribution in [2.75, 3.05) is 19.6 Å². The second kappa shape index (κ2) is 7.53. The van der Waals surface area contributed by atoms with Crippen molar-refractivity contribution in [3.05, 3.63) is 34.9 Å². The van der Waals surface area contributed by atoms with Gasteiger partial charge in [-0.15, -0.1) is 12.4 Å². The van der Waals surface area contributed by atoms with Crippen molar-refractivity contribution < 1.29 is 9.59 Å². The van der Waals surface area contributed by atoms with E-state index in [0.29, 0.717) is 17.4 Å². The number of aryl methyl sites for hydroxylation is 2. The van der Waals surface area contributed by atoms with E-state index < -0.39 is 0 Å². The summed E-state index contributed by atoms with van der Waals surface area (Å²) in [4.78, 5) is 26.4. The number of hydrogen-bond donors (Lipinski definition) is 2. The third-order valence-electron chi connectivity index (χ3n) is 5.15. The summed E-state index contributed by atoms with van der Waals surface area (Å²) in [6, 6.07) is 5.93. The number of carbonyl (C=O) groups excluding carboxylic acids is 2. The molecule has 3 N–H and O–H groups in total. The van der Waals surface area contributed by atoms with Gasteiger partial charge in [-0.05, 0) is 50.7 Å². The van der Waals surface area contributed by atoms with E-state index in [1.54, 1.807) is 0 Å². The Hall–Kier alpha value is -1.59. The van der Waals surface area contributed by atoms with Gasteiger partial charge in [-0.3, -0.25) is 9.59 Å². The summed E-state index contributed by atoms with van der Waals surface area (Å²) >= 11 is 0. The summed E-state index contributed by atoms with van der Waals surface area (Å²) in [5, 5.41) is 2.75. The number of nitrogens with two attached hydrogens (primary N) is 1. The predicted molar refractivity (Wildman–Crippen MR) is 96.3 cm³/mol. The molecule has 1 saturated heterocycles. The van der Waals surface area contributed by atoms with Gasteiger partial charge < -0.3 is 16.0 Å². The molecule has 2 fully saturated rings. The largest absolute Gasteiger partial charge is 0.343 e. The molecule has 1 saturated carbocycles. The molecule has 0 aromatic heterocycles. The van der Waals surface area contributed by atoms with Crippen LogP contribution < -0.4 is 11.1 Å². The first-order valence-electron chi connectivity index (χ1n) is 8.34. The van der Waals surface area contributed by atoms with E-state index in [1.165, 1.54) is 0 Å². The number of rotatable bonds is 3. The van der Waals surface area contributed by atoms with Gasteiger partial charge in [-0.25, -0.2) is 0 Å². The molecule has 3 unspecified atom stereocenters. The topological polar surface area (TPSA) is 75.4 Å². The Morgan fingerprint density at radius 3 is 2.46 bits per heavy atom. The highest BCUT2D eigenvalue weighted by atomic mass is 35.5. The molecular formula is C18H26ClN3O2. The maximum Gasteiger partial charge on any atom is 0.251 e. The molecule has 3 atom stereocenters. The monoisotopic (exact) mass is 351 g/mol. The summed E-state index contributed by atoms with van der Waals surface area (Å²) in [5.41, 5.74) is 8.80. The zero-order valence-electron chi connectivity index (χ0n) is 14.2. The van der Waals surface area contributed by atoms with Crippen LogP contribution in [0.1, 0.15) is 34.3 Å². The Morgan fingerprint density at radius 2 is 1.83 bits per heavy atom. The molecule has 1 aromatic rings. The first-order chi connectivity index (χ1) is 10.9. The lowest BCUT2D eigenvalue weighted by atomic mass is 9.98. The fourth-order valence-corrected chi connectivity index (χ4v) is 3.99. The average Bonchev–Trinajstić information content (AvgIpc) is 3.06. The lowest BCUT2D eigenvalue weighted by molar-refractivity contribution is -0.129. The molecule has 5 nitrogen and oxygen atoms in total. The van der Waals surface area contributed by atoms with E-state index in [2.05, 4.69) is 5.32 Å². The number of nitrogens with one attached hydrogen (secondary N) is 1. The van der Waals surface area contributed by atoms with Gasteiger partial charge in [0.05, 0.1) is 6.54 Å². The lowest BCUT2D eigenvalue weighted by Crippen LogP contribution is -2.40. The number of nitrogens with zero attached hydrogens (tertiary/aromatic N) is 1. The van der Waals surface area contributed by atoms with Crippen molar-refractivity contribution in [2.24, 2.45) is 17.6 Å². The van der Waals surface area contributed by atoms with E-state index in [0.717, 1.165) is 37.1 Å². The van der Waals surface area contributed by atoms with E-state index in [9.17, 15) is 9.59 Å². The summed E-state index contributed by atoms with van der Waals surface area (Å²) in [5.74, 6) is 0.781. The van der Waals surface area contributed by atoms with Crippen LogP contribution in [-0.4, -0.2) is 42.4 Å². The molecule has 2 amide bonds. The number of hydrogen-bond acceptors (Lipinski definition) is 3. The lowest BCUT2D eigenvalue weighted by Gasteiger charge is -2.19. The maximum atomic E-state index is 12.3. The molecule has 24 heavy (non-hydrogen) atoms. The molecule has 6 heteroatoms. The molecule has 0 spiro atoms. The Bertz CT molecular complexity index is 614. The van der Waals surface area contributed by atoms with E-state index in [4.69, 9.17) is 5.73 Å². The number of halogens is 1. The number of likely N-dealkylation sites (tertiary alicyclic amines) is 1. The number of carbonyl (C=O) groups is 2. The second-order valence-electron chi connectivity index (χ2n) is 7.02. The van der Waals surface area contributed by atoms with Crippen LogP contribution in [0.3, 0.4) is 0 Å². The van der Waals surface area contributed by atoms with Crippen molar-refractivity contribution in [3.63, 3.8) is 0 Å². The normalized spacial score (nSPS) is 25.1. The van der Waals surface area contributed by atoms with Crippen molar-refractivity contribution in [1.29, 1.82) is 0 Å². The van der Waals surface area contributed by atoms with Crippen LogP contribution in [0.2, 0.25) is 0 Å². The predicted octanol–water partition coefficient (Wildman–Crippen LogP) is 1.65. The highest BCUT2D eigenvalue weighted by molar-refractivity contribution is 5.96. The van der Waals surface area contributed by atoms with Gasteiger partial charge in [-0.2, -0.15) is 0 Å². The number of benzene rings is 1. The molecule has 0 bridgehead atoms. The number of fused-ring (bicyclic) bond motifs is 1. The van der Waals surface area contributed by atoms with Crippen LogP contribution in [0.25, 0.3) is 0 Å². The summed E-state index contributed by atoms with van der Waals surface area (Å²) in [6.07, 6.45) is 2.19. The van der Waals surface area contributed by atoms with Gasteiger partial charge in [0.25, 0.3) is 5.91 Å². The molecule has 1 aliphatic heterocycles. The van der Waals surface area contributed by atoms with Gasteiger partial charge in [-0.1, -0.05) is 17.2 Å². The van der Waals surface area contributed by atoms with Crippen molar-refractivity contribution in [2.45, 2.75) is 32.7 Å². The zero-order chi connectivity index (χ0) is 16.6. The van der Waals surface area contributed by atoms with E-state index >= 15 is 0 Å². The quantitative estimate of drug-likeness (QED) is 0.869. The van der Waals surface area contributed by atoms with E-state index in [1.807, 2.05) is 36.9 Å². The van der Waals surface area contributed by atoms with Crippen LogP contribution in [0.5, 0.6) is 0 Å². The fraction of sp³-hybridized carbons (Fsp3) is 0.556. The third kappa shape index (κ3) is 3.90. The first-order valence-corrected chi connectivity index (χ1v) is 8.34. The first kappa shape index (κ1) is 18.7. The SMILES string of the molecule is Cc1cc(C)cc(C(=O)NCC(=O)N2CC3CCC(N)C3C2)c1.Cl. The van der Waals surface area contributed by atoms with Crippen LogP contribution in [0.15, 0.2) is 18.2 Å². The Kier molecular flexibility index (Phi) is 5.88. The number of amides is 2. The molecule has 0 radical (unpaired) electrons. The zero-order valence-corrected chi connectivity index (χ0v) is 15.1. The van der Waals surface area contributed by atoms with Gasteiger partial charge in [0.2, 0.25) is 5.91 Å². The Morgan fingerprint density at radius 1 is 1.17 bits per heavy atom. The van der Waals surface area contributed by atoms with Crippen molar-refractivity contribution >= 4 is 24.2 Å². The minimum Gasteiger partial charge on any atom is -0.343 e. The minimum atomic E-state index is -0.193. The molecular weight excluding hydrogens is 326 g/mol. The smallest absolute Gasteiger partial charge is 0.251 e. The van der Waals surface area contributed by atoms with Crippen LogP contribution in [0.4, 0.5) is 0 Å². The van der Waals surface area contributed by atoms with Gasteiger partial charge >= 0.3 is 0 Å². The second-order valence-corrected chi connectivity index (χ2v) is 7.02. The summed E-state index contributed by atoms with van der Waals surface area (Å²) in [6.45, 7) is 5.50. The third-order valence-corrected chi connectivity index (χ3v) is 5.15. The van der Waals surface area contributed by atoms with Crippen molar-refractivity contribution in [1.82, 2.24) is 10.2 Å². The average molecular weight is 352 g/mol. The van der Waals surface area contributed by atoms with Gasteiger partial charge in [0.1, 0.15) is 0 Å². The van der Waals surface area contributed by atoms with Gasteiger partial charge in [0.15, 0.2) is 0 Å².